The van der Waals surface area contributed by atoms with Crippen molar-refractivity contribution in [2.75, 3.05) is 6.54 Å². The molecular formula is C17H19ClFNS. The number of nitrogens with one attached hydrogen (secondary N) is 1. The summed E-state index contributed by atoms with van der Waals surface area (Å²) in [6.45, 7) is 5.20. The van der Waals surface area contributed by atoms with Crippen molar-refractivity contribution >= 4 is 23.4 Å². The molecule has 0 fully saturated rings. The van der Waals surface area contributed by atoms with Gasteiger partial charge in [-0.2, -0.15) is 0 Å². The monoisotopic (exact) mass is 323 g/mol. The second-order valence-corrected chi connectivity index (χ2v) is 6.34. The molecule has 2 aromatic carbocycles. The molecule has 0 amide bonds. The predicted molar refractivity (Wildman–Crippen MR) is 89.5 cm³/mol. The zero-order valence-electron chi connectivity index (χ0n) is 12.2. The summed E-state index contributed by atoms with van der Waals surface area (Å²) in [7, 11) is 0. The van der Waals surface area contributed by atoms with Gasteiger partial charge < -0.3 is 5.32 Å². The van der Waals surface area contributed by atoms with Gasteiger partial charge in [0.25, 0.3) is 0 Å². The maximum absolute atomic E-state index is 13.4. The van der Waals surface area contributed by atoms with Gasteiger partial charge in [0.15, 0.2) is 0 Å². The van der Waals surface area contributed by atoms with Gasteiger partial charge >= 0.3 is 0 Å². The summed E-state index contributed by atoms with van der Waals surface area (Å²) in [6.07, 6.45) is 0. The number of hydrogen-bond donors (Lipinski definition) is 1. The molecule has 2 rings (SSSR count). The van der Waals surface area contributed by atoms with Crippen molar-refractivity contribution in [3.63, 3.8) is 0 Å². The molecule has 0 radical (unpaired) electrons. The Balaban J connectivity index is 2.02. The van der Waals surface area contributed by atoms with E-state index < -0.39 is 0 Å². The van der Waals surface area contributed by atoms with Crippen LogP contribution in [0.2, 0.25) is 5.02 Å². The van der Waals surface area contributed by atoms with Gasteiger partial charge in [0, 0.05) is 16.7 Å². The molecule has 0 aliphatic carbocycles. The second kappa shape index (κ2) is 7.83. The van der Waals surface area contributed by atoms with E-state index in [1.165, 1.54) is 16.5 Å². The normalized spacial score (nSPS) is 12.4. The lowest BCUT2D eigenvalue weighted by atomic mass is 10.1. The van der Waals surface area contributed by atoms with E-state index in [4.69, 9.17) is 11.6 Å². The Labute approximate surface area is 134 Å². The highest BCUT2D eigenvalue weighted by Gasteiger charge is 2.06. The Hall–Kier alpha value is -1.03. The first-order valence-electron chi connectivity index (χ1n) is 7.00. The lowest BCUT2D eigenvalue weighted by Gasteiger charge is -2.13. The van der Waals surface area contributed by atoms with E-state index in [2.05, 4.69) is 43.4 Å². The first kappa shape index (κ1) is 16.3. The highest BCUT2D eigenvalue weighted by molar-refractivity contribution is 7.98. The molecule has 0 heterocycles. The van der Waals surface area contributed by atoms with Gasteiger partial charge in [0.2, 0.25) is 0 Å². The van der Waals surface area contributed by atoms with Crippen LogP contribution < -0.4 is 5.32 Å². The fourth-order valence-corrected chi connectivity index (χ4v) is 3.12. The molecule has 2 aromatic rings. The second-order valence-electron chi connectivity index (χ2n) is 4.89. The Morgan fingerprint density at radius 2 is 2.05 bits per heavy atom. The molecule has 0 saturated heterocycles. The average Bonchev–Trinajstić information content (AvgIpc) is 2.49. The van der Waals surface area contributed by atoms with Gasteiger partial charge in [-0.15, -0.1) is 11.8 Å². The lowest BCUT2D eigenvalue weighted by molar-refractivity contribution is 0.597. The third kappa shape index (κ3) is 4.73. The summed E-state index contributed by atoms with van der Waals surface area (Å²) >= 11 is 7.39. The van der Waals surface area contributed by atoms with Crippen LogP contribution >= 0.6 is 23.4 Å². The molecule has 1 unspecified atom stereocenters. The third-order valence-corrected chi connectivity index (χ3v) is 4.63. The smallest absolute Gasteiger partial charge is 0.142 e. The van der Waals surface area contributed by atoms with Gasteiger partial charge in [-0.3, -0.25) is 0 Å². The SMILES string of the molecule is CCNC(C)c1cccc(SCc2ccc(Cl)c(F)c2)c1. The van der Waals surface area contributed by atoms with Crippen molar-refractivity contribution in [2.24, 2.45) is 0 Å². The first-order valence-corrected chi connectivity index (χ1v) is 8.36. The largest absolute Gasteiger partial charge is 0.310 e. The van der Waals surface area contributed by atoms with Crippen LogP contribution in [-0.2, 0) is 5.75 Å². The minimum Gasteiger partial charge on any atom is -0.310 e. The van der Waals surface area contributed by atoms with Crippen LogP contribution in [0.25, 0.3) is 0 Å². The summed E-state index contributed by atoms with van der Waals surface area (Å²) < 4.78 is 13.4. The maximum atomic E-state index is 13.4. The van der Waals surface area contributed by atoms with E-state index in [1.807, 2.05) is 6.07 Å². The Morgan fingerprint density at radius 1 is 1.24 bits per heavy atom. The Morgan fingerprint density at radius 3 is 2.76 bits per heavy atom. The van der Waals surface area contributed by atoms with E-state index in [0.29, 0.717) is 6.04 Å². The van der Waals surface area contributed by atoms with Crippen molar-refractivity contribution in [1.82, 2.24) is 5.32 Å². The minimum atomic E-state index is -0.357. The molecule has 0 aliphatic heterocycles. The molecule has 112 valence electrons. The molecule has 0 aromatic heterocycles. The summed E-state index contributed by atoms with van der Waals surface area (Å²) in [6, 6.07) is 13.8. The van der Waals surface area contributed by atoms with Crippen LogP contribution in [0.5, 0.6) is 0 Å². The summed E-state index contributed by atoms with van der Waals surface area (Å²) in [5, 5.41) is 3.57. The molecule has 1 N–H and O–H groups in total. The molecular weight excluding hydrogens is 305 g/mol. The number of thioether (sulfide) groups is 1. The van der Waals surface area contributed by atoms with Crippen LogP contribution in [0.15, 0.2) is 47.4 Å². The Bertz CT molecular complexity index is 603. The van der Waals surface area contributed by atoms with Gasteiger partial charge in [-0.1, -0.05) is 36.7 Å². The molecule has 0 spiro atoms. The molecule has 1 nitrogen and oxygen atoms in total. The number of benzene rings is 2. The van der Waals surface area contributed by atoms with Crippen molar-refractivity contribution in [2.45, 2.75) is 30.5 Å². The summed E-state index contributed by atoms with van der Waals surface area (Å²) in [5.41, 5.74) is 2.20. The van der Waals surface area contributed by atoms with Crippen molar-refractivity contribution in [3.05, 3.63) is 64.4 Å². The van der Waals surface area contributed by atoms with Crippen LogP contribution in [0.3, 0.4) is 0 Å². The third-order valence-electron chi connectivity index (χ3n) is 3.26. The fourth-order valence-electron chi connectivity index (χ4n) is 2.09. The lowest BCUT2D eigenvalue weighted by Crippen LogP contribution is -2.17. The van der Waals surface area contributed by atoms with Crippen LogP contribution in [-0.4, -0.2) is 6.54 Å². The van der Waals surface area contributed by atoms with E-state index in [9.17, 15) is 4.39 Å². The number of rotatable bonds is 6. The maximum Gasteiger partial charge on any atom is 0.142 e. The molecule has 0 bridgehead atoms. The van der Waals surface area contributed by atoms with E-state index in [-0.39, 0.29) is 10.8 Å². The molecule has 0 aliphatic rings. The van der Waals surface area contributed by atoms with E-state index >= 15 is 0 Å². The zero-order valence-corrected chi connectivity index (χ0v) is 13.8. The zero-order chi connectivity index (χ0) is 15.2. The molecule has 4 heteroatoms. The van der Waals surface area contributed by atoms with Crippen LogP contribution in [0, 0.1) is 5.82 Å². The standard InChI is InChI=1S/C17H19ClFNS/c1-3-20-12(2)14-5-4-6-15(10-14)21-11-13-7-8-16(18)17(19)9-13/h4-10,12,20H,3,11H2,1-2H3. The van der Waals surface area contributed by atoms with Crippen molar-refractivity contribution < 1.29 is 4.39 Å². The summed E-state index contributed by atoms with van der Waals surface area (Å²) in [4.78, 5) is 1.19. The molecule has 21 heavy (non-hydrogen) atoms. The van der Waals surface area contributed by atoms with Crippen LogP contribution in [0.1, 0.15) is 31.0 Å². The van der Waals surface area contributed by atoms with Gasteiger partial charge in [-0.05, 0) is 48.9 Å². The average molecular weight is 324 g/mol. The first-order chi connectivity index (χ1) is 10.1. The van der Waals surface area contributed by atoms with Gasteiger partial charge in [0.1, 0.15) is 5.82 Å². The fraction of sp³-hybridized carbons (Fsp3) is 0.294. The summed E-state index contributed by atoms with van der Waals surface area (Å²) in [5.74, 6) is 0.372. The quantitative estimate of drug-likeness (QED) is 0.710. The van der Waals surface area contributed by atoms with Crippen molar-refractivity contribution in [1.29, 1.82) is 0 Å². The van der Waals surface area contributed by atoms with E-state index in [1.54, 1.807) is 17.8 Å². The molecule has 0 saturated carbocycles. The van der Waals surface area contributed by atoms with Gasteiger partial charge in [0.05, 0.1) is 5.02 Å². The topological polar surface area (TPSA) is 12.0 Å². The number of hydrogen-bond acceptors (Lipinski definition) is 2. The molecule has 1 atom stereocenters. The highest BCUT2D eigenvalue weighted by Crippen LogP contribution is 2.27. The number of halogens is 2. The highest BCUT2D eigenvalue weighted by atomic mass is 35.5. The predicted octanol–water partition coefficient (Wildman–Crippen LogP) is 5.44. The van der Waals surface area contributed by atoms with Crippen molar-refractivity contribution in [3.8, 4) is 0 Å². The van der Waals surface area contributed by atoms with E-state index in [0.717, 1.165) is 17.9 Å². The van der Waals surface area contributed by atoms with Gasteiger partial charge in [-0.25, -0.2) is 4.39 Å². The minimum absolute atomic E-state index is 0.171. The Kier molecular flexibility index (Phi) is 6.09. The van der Waals surface area contributed by atoms with Crippen LogP contribution in [0.4, 0.5) is 4.39 Å².